The van der Waals surface area contributed by atoms with Gasteiger partial charge in [-0.25, -0.2) is 0 Å². The average molecular weight is 299 g/mol. The lowest BCUT2D eigenvalue weighted by atomic mass is 10.2. The molecule has 0 bridgehead atoms. The summed E-state index contributed by atoms with van der Waals surface area (Å²) < 4.78 is 0. The molecule has 0 unspecified atom stereocenters. The van der Waals surface area contributed by atoms with Gasteiger partial charge in [0.1, 0.15) is 5.69 Å². The zero-order chi connectivity index (χ0) is 14.8. The molecule has 3 rings (SSSR count). The number of fused-ring (bicyclic) bond motifs is 1. The van der Waals surface area contributed by atoms with Crippen molar-refractivity contribution in [3.63, 3.8) is 0 Å². The Balaban J connectivity index is 1.76. The quantitative estimate of drug-likeness (QED) is 0.752. The summed E-state index contributed by atoms with van der Waals surface area (Å²) in [4.78, 5) is 15.3. The van der Waals surface area contributed by atoms with Gasteiger partial charge in [0.2, 0.25) is 0 Å². The number of halogens is 1. The predicted molar refractivity (Wildman–Crippen MR) is 85.7 cm³/mol. The third-order valence-corrected chi connectivity index (χ3v) is 3.79. The first-order chi connectivity index (χ1) is 10.1. The minimum absolute atomic E-state index is 0.135. The van der Waals surface area contributed by atoms with E-state index in [-0.39, 0.29) is 5.91 Å². The summed E-state index contributed by atoms with van der Waals surface area (Å²) in [5, 5.41) is 4.57. The SMILES string of the molecule is Cc1ccc2cc(C(=O)NCc3ccccc3Cl)[nH]c2c1. The van der Waals surface area contributed by atoms with Gasteiger partial charge in [-0.1, -0.05) is 41.9 Å². The van der Waals surface area contributed by atoms with E-state index in [2.05, 4.69) is 10.3 Å². The van der Waals surface area contributed by atoms with Crippen molar-refractivity contribution < 1.29 is 4.79 Å². The monoisotopic (exact) mass is 298 g/mol. The Morgan fingerprint density at radius 2 is 2.00 bits per heavy atom. The maximum atomic E-state index is 12.2. The number of carbonyl (C=O) groups excluding carboxylic acids is 1. The van der Waals surface area contributed by atoms with Crippen LogP contribution in [0.2, 0.25) is 5.02 Å². The summed E-state index contributed by atoms with van der Waals surface area (Å²) in [5.74, 6) is -0.135. The number of rotatable bonds is 3. The van der Waals surface area contributed by atoms with Crippen molar-refractivity contribution in [2.24, 2.45) is 0 Å². The Kier molecular flexibility index (Phi) is 3.67. The molecule has 0 spiro atoms. The lowest BCUT2D eigenvalue weighted by Gasteiger charge is -2.05. The van der Waals surface area contributed by atoms with E-state index in [0.29, 0.717) is 17.3 Å². The van der Waals surface area contributed by atoms with E-state index in [4.69, 9.17) is 11.6 Å². The highest BCUT2D eigenvalue weighted by Crippen LogP contribution is 2.18. The van der Waals surface area contributed by atoms with Crippen LogP contribution in [-0.4, -0.2) is 10.9 Å². The number of aromatic amines is 1. The van der Waals surface area contributed by atoms with Gasteiger partial charge in [0.05, 0.1) is 0 Å². The molecule has 0 aliphatic rings. The van der Waals surface area contributed by atoms with E-state index < -0.39 is 0 Å². The largest absolute Gasteiger partial charge is 0.351 e. The van der Waals surface area contributed by atoms with Crippen LogP contribution in [0.1, 0.15) is 21.6 Å². The number of amides is 1. The molecule has 3 aromatic rings. The molecule has 3 nitrogen and oxygen atoms in total. The summed E-state index contributed by atoms with van der Waals surface area (Å²) in [5.41, 5.74) is 3.59. The molecule has 0 saturated carbocycles. The summed E-state index contributed by atoms with van der Waals surface area (Å²) in [6, 6.07) is 15.4. The van der Waals surface area contributed by atoms with Gasteiger partial charge in [-0.15, -0.1) is 0 Å². The van der Waals surface area contributed by atoms with Crippen molar-refractivity contribution in [3.8, 4) is 0 Å². The van der Waals surface area contributed by atoms with Gasteiger partial charge >= 0.3 is 0 Å². The Morgan fingerprint density at radius 1 is 1.19 bits per heavy atom. The standard InChI is InChI=1S/C17H15ClN2O/c1-11-6-7-12-9-16(20-15(12)8-11)17(21)19-10-13-4-2-3-5-14(13)18/h2-9,20H,10H2,1H3,(H,19,21). The maximum Gasteiger partial charge on any atom is 0.267 e. The van der Waals surface area contributed by atoms with Crippen LogP contribution >= 0.6 is 11.6 Å². The number of aromatic nitrogens is 1. The van der Waals surface area contributed by atoms with Crippen LogP contribution in [0.15, 0.2) is 48.5 Å². The van der Waals surface area contributed by atoms with Crippen LogP contribution in [-0.2, 0) is 6.54 Å². The fourth-order valence-electron chi connectivity index (χ4n) is 2.28. The first-order valence-electron chi connectivity index (χ1n) is 6.74. The normalized spacial score (nSPS) is 10.8. The minimum atomic E-state index is -0.135. The highest BCUT2D eigenvalue weighted by Gasteiger charge is 2.10. The molecule has 1 amide bonds. The van der Waals surface area contributed by atoms with Gasteiger partial charge in [0.15, 0.2) is 0 Å². The Morgan fingerprint density at radius 3 is 2.81 bits per heavy atom. The smallest absolute Gasteiger partial charge is 0.267 e. The van der Waals surface area contributed by atoms with Gasteiger partial charge < -0.3 is 10.3 Å². The van der Waals surface area contributed by atoms with Crippen molar-refractivity contribution in [1.82, 2.24) is 10.3 Å². The van der Waals surface area contributed by atoms with Crippen molar-refractivity contribution in [3.05, 3.63) is 70.4 Å². The molecule has 106 valence electrons. The molecule has 0 atom stereocenters. The highest BCUT2D eigenvalue weighted by atomic mass is 35.5. The van der Waals surface area contributed by atoms with E-state index >= 15 is 0 Å². The molecule has 0 radical (unpaired) electrons. The average Bonchev–Trinajstić information content (AvgIpc) is 2.89. The molecular formula is C17H15ClN2O. The number of benzene rings is 2. The summed E-state index contributed by atoms with van der Waals surface area (Å²) in [6.45, 7) is 2.43. The van der Waals surface area contributed by atoms with Crippen molar-refractivity contribution in [1.29, 1.82) is 0 Å². The maximum absolute atomic E-state index is 12.2. The topological polar surface area (TPSA) is 44.9 Å². The van der Waals surface area contributed by atoms with Gasteiger partial charge in [0, 0.05) is 22.5 Å². The minimum Gasteiger partial charge on any atom is -0.351 e. The van der Waals surface area contributed by atoms with Crippen molar-refractivity contribution in [2.45, 2.75) is 13.5 Å². The summed E-state index contributed by atoms with van der Waals surface area (Å²) >= 11 is 6.08. The zero-order valence-electron chi connectivity index (χ0n) is 11.6. The van der Waals surface area contributed by atoms with E-state index in [1.807, 2.05) is 55.5 Å². The predicted octanol–water partition coefficient (Wildman–Crippen LogP) is 4.06. The van der Waals surface area contributed by atoms with Crippen LogP contribution in [0.4, 0.5) is 0 Å². The molecule has 0 fully saturated rings. The second kappa shape index (κ2) is 5.62. The number of aryl methyl sites for hydroxylation is 1. The lowest BCUT2D eigenvalue weighted by Crippen LogP contribution is -2.23. The Labute approximate surface area is 127 Å². The molecule has 1 aromatic heterocycles. The van der Waals surface area contributed by atoms with E-state index in [1.54, 1.807) is 0 Å². The molecule has 1 heterocycles. The van der Waals surface area contributed by atoms with E-state index in [0.717, 1.165) is 22.0 Å². The van der Waals surface area contributed by atoms with Crippen LogP contribution < -0.4 is 5.32 Å². The molecule has 0 saturated heterocycles. The van der Waals surface area contributed by atoms with Crippen molar-refractivity contribution >= 4 is 28.4 Å². The molecule has 2 aromatic carbocycles. The molecule has 21 heavy (non-hydrogen) atoms. The second-order valence-electron chi connectivity index (χ2n) is 5.05. The fourth-order valence-corrected chi connectivity index (χ4v) is 2.48. The highest BCUT2D eigenvalue weighted by molar-refractivity contribution is 6.31. The van der Waals surface area contributed by atoms with E-state index in [9.17, 15) is 4.79 Å². The molecule has 0 aliphatic carbocycles. The number of carbonyl (C=O) groups is 1. The first kappa shape index (κ1) is 13.7. The summed E-state index contributed by atoms with van der Waals surface area (Å²) in [6.07, 6.45) is 0. The van der Waals surface area contributed by atoms with Gasteiger partial charge in [-0.3, -0.25) is 4.79 Å². The van der Waals surface area contributed by atoms with Crippen LogP contribution in [0.3, 0.4) is 0 Å². The van der Waals surface area contributed by atoms with Gasteiger partial charge in [-0.2, -0.15) is 0 Å². The van der Waals surface area contributed by atoms with Crippen LogP contribution in [0, 0.1) is 6.92 Å². The molecule has 4 heteroatoms. The molecular weight excluding hydrogens is 284 g/mol. The number of hydrogen-bond acceptors (Lipinski definition) is 1. The zero-order valence-corrected chi connectivity index (χ0v) is 12.4. The number of nitrogens with one attached hydrogen (secondary N) is 2. The van der Waals surface area contributed by atoms with Crippen LogP contribution in [0.25, 0.3) is 10.9 Å². The van der Waals surface area contributed by atoms with Crippen LogP contribution in [0.5, 0.6) is 0 Å². The Hall–Kier alpha value is -2.26. The second-order valence-corrected chi connectivity index (χ2v) is 5.46. The lowest BCUT2D eigenvalue weighted by molar-refractivity contribution is 0.0947. The number of H-pyrrole nitrogens is 1. The van der Waals surface area contributed by atoms with Gasteiger partial charge in [-0.05, 0) is 36.2 Å². The third-order valence-electron chi connectivity index (χ3n) is 3.42. The molecule has 2 N–H and O–H groups in total. The Bertz CT molecular complexity index is 807. The molecule has 0 aliphatic heterocycles. The fraction of sp³-hybridized carbons (Fsp3) is 0.118. The number of hydrogen-bond donors (Lipinski definition) is 2. The third kappa shape index (κ3) is 2.93. The van der Waals surface area contributed by atoms with Gasteiger partial charge in [0.25, 0.3) is 5.91 Å². The first-order valence-corrected chi connectivity index (χ1v) is 7.12. The van der Waals surface area contributed by atoms with Crippen molar-refractivity contribution in [2.75, 3.05) is 0 Å². The summed E-state index contributed by atoms with van der Waals surface area (Å²) in [7, 11) is 0. The van der Waals surface area contributed by atoms with E-state index in [1.165, 1.54) is 0 Å².